The maximum absolute atomic E-state index is 10.4. The zero-order valence-electron chi connectivity index (χ0n) is 9.10. The van der Waals surface area contributed by atoms with E-state index in [0.717, 1.165) is 17.9 Å². The Kier molecular flexibility index (Phi) is 3.39. The van der Waals surface area contributed by atoms with Gasteiger partial charge in [-0.25, -0.2) is 0 Å². The third-order valence-corrected chi connectivity index (χ3v) is 3.55. The number of aliphatic carboxylic acids is 1. The number of fused-ring (bicyclic) bond motifs is 1. The molecule has 1 unspecified atom stereocenters. The second kappa shape index (κ2) is 4.78. The number of carboxylic acid groups (broad SMARTS) is 1. The molecule has 86 valence electrons. The van der Waals surface area contributed by atoms with E-state index >= 15 is 0 Å². The summed E-state index contributed by atoms with van der Waals surface area (Å²) in [4.78, 5) is 10.4. The molecule has 1 aromatic rings. The average molecular weight is 238 g/mol. The van der Waals surface area contributed by atoms with E-state index in [4.69, 9.17) is 9.84 Å². The topological polar surface area (TPSA) is 46.5 Å². The van der Waals surface area contributed by atoms with E-state index in [0.29, 0.717) is 0 Å². The molecule has 1 atom stereocenters. The van der Waals surface area contributed by atoms with Crippen LogP contribution in [0.4, 0.5) is 0 Å². The van der Waals surface area contributed by atoms with Crippen molar-refractivity contribution < 1.29 is 14.6 Å². The van der Waals surface area contributed by atoms with Gasteiger partial charge in [-0.05, 0) is 18.6 Å². The quantitative estimate of drug-likeness (QED) is 0.872. The molecule has 0 radical (unpaired) electrons. The van der Waals surface area contributed by atoms with Crippen LogP contribution in [0.2, 0.25) is 0 Å². The standard InChI is InChI=1S/C12H14O3S/c1-8-2-3-11-9(4-8)5-10(15-11)6-16-7-12(13)14/h2-4,10H,5-7H2,1H3,(H,13,14). The summed E-state index contributed by atoms with van der Waals surface area (Å²) in [6.45, 7) is 2.06. The van der Waals surface area contributed by atoms with Crippen LogP contribution in [-0.4, -0.2) is 28.7 Å². The highest BCUT2D eigenvalue weighted by Gasteiger charge is 2.22. The Morgan fingerprint density at radius 1 is 1.62 bits per heavy atom. The lowest BCUT2D eigenvalue weighted by Gasteiger charge is -2.08. The molecular formula is C12H14O3S. The molecule has 3 nitrogen and oxygen atoms in total. The van der Waals surface area contributed by atoms with E-state index < -0.39 is 5.97 Å². The lowest BCUT2D eigenvalue weighted by molar-refractivity contribution is -0.133. The van der Waals surface area contributed by atoms with Gasteiger partial charge in [0.2, 0.25) is 0 Å². The van der Waals surface area contributed by atoms with Crippen molar-refractivity contribution in [3.63, 3.8) is 0 Å². The Morgan fingerprint density at radius 2 is 2.44 bits per heavy atom. The fourth-order valence-corrected chi connectivity index (χ4v) is 2.56. The summed E-state index contributed by atoms with van der Waals surface area (Å²) in [5, 5.41) is 8.54. The van der Waals surface area contributed by atoms with Crippen molar-refractivity contribution in [1.82, 2.24) is 0 Å². The predicted octanol–water partition coefficient (Wildman–Crippen LogP) is 2.12. The summed E-state index contributed by atoms with van der Waals surface area (Å²) in [6.07, 6.45) is 1.02. The third-order valence-electron chi connectivity index (χ3n) is 2.49. The summed E-state index contributed by atoms with van der Waals surface area (Å²) in [5.74, 6) is 1.07. The molecule has 1 heterocycles. The van der Waals surface area contributed by atoms with Gasteiger partial charge in [0.05, 0.1) is 5.75 Å². The summed E-state index contributed by atoms with van der Waals surface area (Å²) < 4.78 is 5.73. The second-order valence-electron chi connectivity index (χ2n) is 3.96. The van der Waals surface area contributed by atoms with E-state index in [1.54, 1.807) is 0 Å². The Bertz CT molecular complexity index is 403. The van der Waals surface area contributed by atoms with Gasteiger partial charge in [-0.1, -0.05) is 17.7 Å². The van der Waals surface area contributed by atoms with Crippen molar-refractivity contribution in [2.75, 3.05) is 11.5 Å². The maximum atomic E-state index is 10.4. The Balaban J connectivity index is 1.88. The van der Waals surface area contributed by atoms with Crippen molar-refractivity contribution in [3.05, 3.63) is 29.3 Å². The fraction of sp³-hybridized carbons (Fsp3) is 0.417. The molecule has 0 aliphatic carbocycles. The smallest absolute Gasteiger partial charge is 0.313 e. The van der Waals surface area contributed by atoms with Gasteiger partial charge in [0, 0.05) is 12.2 Å². The molecule has 1 N–H and O–H groups in total. The third kappa shape index (κ3) is 2.70. The Labute approximate surface area is 98.8 Å². The van der Waals surface area contributed by atoms with Gasteiger partial charge in [-0.2, -0.15) is 0 Å². The molecule has 0 saturated carbocycles. The zero-order chi connectivity index (χ0) is 11.5. The molecular weight excluding hydrogens is 224 g/mol. The molecule has 0 fully saturated rings. The first-order chi connectivity index (χ1) is 7.65. The highest BCUT2D eigenvalue weighted by Crippen LogP contribution is 2.30. The molecule has 1 aliphatic heterocycles. The minimum absolute atomic E-state index is 0.126. The van der Waals surface area contributed by atoms with E-state index in [-0.39, 0.29) is 11.9 Å². The molecule has 0 spiro atoms. The minimum atomic E-state index is -0.767. The van der Waals surface area contributed by atoms with Crippen LogP contribution < -0.4 is 4.74 Å². The molecule has 0 bridgehead atoms. The number of hydrogen-bond acceptors (Lipinski definition) is 3. The molecule has 16 heavy (non-hydrogen) atoms. The van der Waals surface area contributed by atoms with Crippen LogP contribution in [0.3, 0.4) is 0 Å². The molecule has 1 aromatic carbocycles. The van der Waals surface area contributed by atoms with Gasteiger partial charge < -0.3 is 9.84 Å². The van der Waals surface area contributed by atoms with Crippen molar-refractivity contribution in [2.24, 2.45) is 0 Å². The van der Waals surface area contributed by atoms with Gasteiger partial charge in [0.15, 0.2) is 0 Å². The van der Waals surface area contributed by atoms with Crippen molar-refractivity contribution in [3.8, 4) is 5.75 Å². The van der Waals surface area contributed by atoms with Gasteiger partial charge in [0.25, 0.3) is 0 Å². The largest absolute Gasteiger partial charge is 0.489 e. The molecule has 0 amide bonds. The number of carboxylic acids is 1. The molecule has 1 aliphatic rings. The number of carbonyl (C=O) groups is 1. The highest BCUT2D eigenvalue weighted by molar-refractivity contribution is 7.99. The van der Waals surface area contributed by atoms with Crippen LogP contribution in [0.1, 0.15) is 11.1 Å². The monoisotopic (exact) mass is 238 g/mol. The first kappa shape index (κ1) is 11.3. The van der Waals surface area contributed by atoms with Crippen LogP contribution in [0.25, 0.3) is 0 Å². The van der Waals surface area contributed by atoms with Crippen molar-refractivity contribution in [2.45, 2.75) is 19.4 Å². The number of thioether (sulfide) groups is 1. The average Bonchev–Trinajstić information content (AvgIpc) is 2.58. The second-order valence-corrected chi connectivity index (χ2v) is 4.99. The van der Waals surface area contributed by atoms with Gasteiger partial charge >= 0.3 is 5.97 Å². The van der Waals surface area contributed by atoms with Crippen LogP contribution in [0.15, 0.2) is 18.2 Å². The van der Waals surface area contributed by atoms with Crippen LogP contribution >= 0.6 is 11.8 Å². The number of aryl methyl sites for hydroxylation is 1. The lowest BCUT2D eigenvalue weighted by atomic mass is 10.1. The summed E-state index contributed by atoms with van der Waals surface area (Å²) in [7, 11) is 0. The zero-order valence-corrected chi connectivity index (χ0v) is 9.92. The normalized spacial score (nSPS) is 17.9. The molecule has 0 aromatic heterocycles. The Hall–Kier alpha value is -1.16. The van der Waals surface area contributed by atoms with Gasteiger partial charge in [-0.3, -0.25) is 4.79 Å². The lowest BCUT2D eigenvalue weighted by Crippen LogP contribution is -2.17. The number of benzene rings is 1. The number of rotatable bonds is 4. The van der Waals surface area contributed by atoms with Gasteiger partial charge in [0.1, 0.15) is 11.9 Å². The van der Waals surface area contributed by atoms with E-state index in [2.05, 4.69) is 13.0 Å². The van der Waals surface area contributed by atoms with Crippen molar-refractivity contribution >= 4 is 17.7 Å². The first-order valence-corrected chi connectivity index (χ1v) is 6.36. The molecule has 0 saturated heterocycles. The maximum Gasteiger partial charge on any atom is 0.313 e. The van der Waals surface area contributed by atoms with Crippen LogP contribution in [0.5, 0.6) is 5.75 Å². The first-order valence-electron chi connectivity index (χ1n) is 5.21. The van der Waals surface area contributed by atoms with Crippen LogP contribution in [-0.2, 0) is 11.2 Å². The summed E-state index contributed by atoms with van der Waals surface area (Å²) >= 11 is 1.41. The van der Waals surface area contributed by atoms with Crippen molar-refractivity contribution in [1.29, 1.82) is 0 Å². The van der Waals surface area contributed by atoms with E-state index in [1.807, 2.05) is 12.1 Å². The molecule has 2 rings (SSSR count). The Morgan fingerprint density at radius 3 is 3.19 bits per heavy atom. The minimum Gasteiger partial charge on any atom is -0.489 e. The fourth-order valence-electron chi connectivity index (χ4n) is 1.82. The summed E-state index contributed by atoms with van der Waals surface area (Å²) in [6, 6.07) is 6.16. The molecule has 4 heteroatoms. The summed E-state index contributed by atoms with van der Waals surface area (Å²) in [5.41, 5.74) is 2.47. The number of ether oxygens (including phenoxy) is 1. The SMILES string of the molecule is Cc1ccc2c(c1)CC(CSCC(=O)O)O2. The number of hydrogen-bond donors (Lipinski definition) is 1. The van der Waals surface area contributed by atoms with Gasteiger partial charge in [-0.15, -0.1) is 11.8 Å². The van der Waals surface area contributed by atoms with Crippen LogP contribution in [0, 0.1) is 6.92 Å². The highest BCUT2D eigenvalue weighted by atomic mass is 32.2. The van der Waals surface area contributed by atoms with E-state index in [1.165, 1.54) is 22.9 Å². The van der Waals surface area contributed by atoms with E-state index in [9.17, 15) is 4.79 Å². The predicted molar refractivity (Wildman–Crippen MR) is 64.3 cm³/mol.